The van der Waals surface area contributed by atoms with E-state index >= 15 is 0 Å². The van der Waals surface area contributed by atoms with Crippen LogP contribution >= 0.6 is 0 Å². The highest BCUT2D eigenvalue weighted by Gasteiger charge is 2.26. The molecule has 0 spiro atoms. The predicted molar refractivity (Wildman–Crippen MR) is 133 cm³/mol. The van der Waals surface area contributed by atoms with Gasteiger partial charge in [-0.15, -0.1) is 0 Å². The Balaban J connectivity index is 0.000000556. The van der Waals surface area contributed by atoms with Gasteiger partial charge in [-0.1, -0.05) is 0 Å². The van der Waals surface area contributed by atoms with Crippen LogP contribution in [-0.4, -0.2) is 59.7 Å². The Kier molecular flexibility index (Phi) is 8.48. The quantitative estimate of drug-likeness (QED) is 0.408. The van der Waals surface area contributed by atoms with Crippen LogP contribution in [0, 0.1) is 18.7 Å². The summed E-state index contributed by atoms with van der Waals surface area (Å²) in [5.41, 5.74) is 3.44. The molecule has 1 aromatic carbocycles. The van der Waals surface area contributed by atoms with E-state index in [4.69, 9.17) is 4.74 Å². The number of carbonyl (C=O) groups is 2. The van der Waals surface area contributed by atoms with Crippen molar-refractivity contribution >= 4 is 23.4 Å². The van der Waals surface area contributed by atoms with Gasteiger partial charge in [-0.25, -0.2) is 14.4 Å². The van der Waals surface area contributed by atoms with Crippen LogP contribution in [0.1, 0.15) is 48.7 Å². The van der Waals surface area contributed by atoms with Crippen molar-refractivity contribution in [3.8, 4) is 17.0 Å². The lowest BCUT2D eigenvalue weighted by Crippen LogP contribution is -2.42. The van der Waals surface area contributed by atoms with E-state index in [1.165, 1.54) is 31.3 Å². The molecule has 1 aliphatic carbocycles. The van der Waals surface area contributed by atoms with Crippen LogP contribution in [0.2, 0.25) is 0 Å². The van der Waals surface area contributed by atoms with Crippen molar-refractivity contribution in [3.63, 3.8) is 0 Å². The van der Waals surface area contributed by atoms with Crippen LogP contribution in [-0.2, 0) is 9.53 Å². The summed E-state index contributed by atoms with van der Waals surface area (Å²) in [6.07, 6.45) is 5.55. The van der Waals surface area contributed by atoms with Crippen molar-refractivity contribution in [2.24, 2.45) is 5.92 Å². The van der Waals surface area contributed by atoms with Crippen molar-refractivity contribution in [2.75, 3.05) is 26.3 Å². The molecule has 1 saturated carbocycles. The number of hydrogen-bond donors (Lipinski definition) is 3. The predicted octanol–water partition coefficient (Wildman–Crippen LogP) is 3.52. The van der Waals surface area contributed by atoms with E-state index in [0.29, 0.717) is 64.9 Å². The summed E-state index contributed by atoms with van der Waals surface area (Å²) in [5.74, 6) is 0.639. The molecule has 3 N–H and O–H groups in total. The highest BCUT2D eigenvalue weighted by Crippen LogP contribution is 2.36. The molecule has 3 heterocycles. The second kappa shape index (κ2) is 11.9. The van der Waals surface area contributed by atoms with Crippen molar-refractivity contribution in [1.82, 2.24) is 25.6 Å². The average molecular weight is 498 g/mol. The van der Waals surface area contributed by atoms with Crippen LogP contribution in [0.4, 0.5) is 4.39 Å². The largest absolute Gasteiger partial charge is 0.493 e. The number of aromatic amines is 1. The normalized spacial score (nSPS) is 15.6. The molecular formula is C26H32FN5O4. The number of H-pyrrole nitrogens is 1. The van der Waals surface area contributed by atoms with Gasteiger partial charge in [0.1, 0.15) is 29.1 Å². The number of rotatable bonds is 8. The van der Waals surface area contributed by atoms with E-state index < -0.39 is 0 Å². The first-order valence-corrected chi connectivity index (χ1v) is 12.3. The molecule has 10 heteroatoms. The Labute approximate surface area is 209 Å². The molecule has 0 radical (unpaired) electrons. The number of aromatic nitrogens is 3. The zero-order valence-corrected chi connectivity index (χ0v) is 20.6. The number of piperidine rings is 1. The van der Waals surface area contributed by atoms with E-state index in [1.807, 2.05) is 6.92 Å². The maximum Gasteiger partial charge on any atom is 0.293 e. The zero-order chi connectivity index (χ0) is 25.5. The van der Waals surface area contributed by atoms with E-state index in [9.17, 15) is 14.0 Å². The number of ether oxygens (including phenoxy) is 2. The number of hydrogen-bond acceptors (Lipinski definition) is 7. The average Bonchev–Trinajstić information content (AvgIpc) is 3.64. The third-order valence-electron chi connectivity index (χ3n) is 6.28. The van der Waals surface area contributed by atoms with Crippen LogP contribution in [0.3, 0.4) is 0 Å². The van der Waals surface area contributed by atoms with Gasteiger partial charge in [0.2, 0.25) is 0 Å². The Morgan fingerprint density at radius 2 is 2.00 bits per heavy atom. The molecule has 0 atom stereocenters. The zero-order valence-electron chi connectivity index (χ0n) is 20.6. The number of benzene rings is 1. The molecule has 36 heavy (non-hydrogen) atoms. The minimum absolute atomic E-state index is 0.144. The topological polar surface area (TPSA) is 118 Å². The van der Waals surface area contributed by atoms with E-state index in [2.05, 4.69) is 30.3 Å². The molecule has 1 aliphatic heterocycles. The molecule has 1 amide bonds. The Morgan fingerprint density at radius 1 is 1.22 bits per heavy atom. The van der Waals surface area contributed by atoms with Gasteiger partial charge in [0.25, 0.3) is 12.4 Å². The Bertz CT molecular complexity index is 1200. The van der Waals surface area contributed by atoms with Gasteiger partial charge in [-0.05, 0) is 76.7 Å². The first kappa shape index (κ1) is 25.6. The summed E-state index contributed by atoms with van der Waals surface area (Å²) >= 11 is 0. The SMILES string of the molecule is CCOC=O.Cc1[nH]c2c(-c3cc(F)ccc3OCC3CC3)ncnc2c1C(=O)NC1CCNCC1. The van der Waals surface area contributed by atoms with Gasteiger partial charge < -0.3 is 25.1 Å². The third kappa shape index (κ3) is 6.17. The number of fused-ring (bicyclic) bond motifs is 1. The monoisotopic (exact) mass is 497 g/mol. The van der Waals surface area contributed by atoms with Crippen LogP contribution in [0.5, 0.6) is 5.75 Å². The summed E-state index contributed by atoms with van der Waals surface area (Å²) in [6.45, 7) is 6.91. The highest BCUT2D eigenvalue weighted by atomic mass is 19.1. The lowest BCUT2D eigenvalue weighted by Gasteiger charge is -2.23. The lowest BCUT2D eigenvalue weighted by atomic mass is 10.1. The van der Waals surface area contributed by atoms with E-state index in [-0.39, 0.29) is 17.8 Å². The second-order valence-electron chi connectivity index (χ2n) is 9.02. The molecule has 5 rings (SSSR count). The number of halogens is 1. The van der Waals surface area contributed by atoms with Crippen molar-refractivity contribution < 1.29 is 23.5 Å². The molecule has 192 valence electrons. The van der Waals surface area contributed by atoms with Gasteiger partial charge in [-0.3, -0.25) is 9.59 Å². The van der Waals surface area contributed by atoms with Crippen LogP contribution < -0.4 is 15.4 Å². The summed E-state index contributed by atoms with van der Waals surface area (Å²) in [7, 11) is 0. The minimum atomic E-state index is -0.368. The fraction of sp³-hybridized carbons (Fsp3) is 0.462. The molecule has 3 aromatic rings. The molecule has 0 unspecified atom stereocenters. The lowest BCUT2D eigenvalue weighted by molar-refractivity contribution is -0.128. The number of amides is 1. The standard InChI is InChI=1S/C23H26FN5O2.C3H6O2/c1-13-19(23(30)29-16-6-8-25-9-7-16)21-22(28-13)20(26-12-27-21)17-10-15(24)4-5-18(17)31-11-14-2-3-14;1-2-5-3-4/h4-5,10,12,14,16,25,28H,2-3,6-9,11H2,1H3,(H,29,30);3H,2H2,1H3. The molecule has 2 fully saturated rings. The fourth-order valence-electron chi connectivity index (χ4n) is 4.20. The summed E-state index contributed by atoms with van der Waals surface area (Å²) in [6, 6.07) is 4.60. The number of nitrogens with one attached hydrogen (secondary N) is 3. The smallest absolute Gasteiger partial charge is 0.293 e. The number of nitrogens with zero attached hydrogens (tertiary/aromatic N) is 2. The second-order valence-corrected chi connectivity index (χ2v) is 9.02. The number of aryl methyl sites for hydroxylation is 1. The number of carbonyl (C=O) groups excluding carboxylic acids is 2. The maximum absolute atomic E-state index is 14.1. The summed E-state index contributed by atoms with van der Waals surface area (Å²) < 4.78 is 24.3. The third-order valence-corrected chi connectivity index (χ3v) is 6.28. The Hall–Kier alpha value is -3.53. The van der Waals surface area contributed by atoms with Gasteiger partial charge in [-0.2, -0.15) is 0 Å². The summed E-state index contributed by atoms with van der Waals surface area (Å²) in [5, 5.41) is 6.43. The maximum atomic E-state index is 14.1. The first-order valence-electron chi connectivity index (χ1n) is 12.3. The van der Waals surface area contributed by atoms with Crippen LogP contribution in [0.15, 0.2) is 24.5 Å². The Morgan fingerprint density at radius 3 is 2.67 bits per heavy atom. The van der Waals surface area contributed by atoms with Gasteiger partial charge in [0.15, 0.2) is 0 Å². The molecule has 2 aliphatic rings. The van der Waals surface area contributed by atoms with Crippen LogP contribution in [0.25, 0.3) is 22.3 Å². The molecule has 2 aromatic heterocycles. The van der Waals surface area contributed by atoms with Gasteiger partial charge in [0, 0.05) is 17.3 Å². The fourth-order valence-corrected chi connectivity index (χ4v) is 4.20. The van der Waals surface area contributed by atoms with Gasteiger partial charge in [0.05, 0.1) is 24.3 Å². The molecular weight excluding hydrogens is 465 g/mol. The minimum Gasteiger partial charge on any atom is -0.493 e. The highest BCUT2D eigenvalue weighted by molar-refractivity contribution is 6.09. The van der Waals surface area contributed by atoms with Gasteiger partial charge >= 0.3 is 0 Å². The van der Waals surface area contributed by atoms with Crippen molar-refractivity contribution in [3.05, 3.63) is 41.6 Å². The van der Waals surface area contributed by atoms with E-state index in [0.717, 1.165) is 25.9 Å². The van der Waals surface area contributed by atoms with Crippen molar-refractivity contribution in [2.45, 2.75) is 45.6 Å². The first-order chi connectivity index (χ1) is 17.5. The molecule has 1 saturated heterocycles. The molecule has 0 bridgehead atoms. The summed E-state index contributed by atoms with van der Waals surface area (Å²) in [4.78, 5) is 34.3. The molecule has 9 nitrogen and oxygen atoms in total. The van der Waals surface area contributed by atoms with E-state index in [1.54, 1.807) is 13.0 Å². The van der Waals surface area contributed by atoms with Crippen molar-refractivity contribution in [1.29, 1.82) is 0 Å².